The molecule has 2 heterocycles. The van der Waals surface area contributed by atoms with Crippen LogP contribution in [0.1, 0.15) is 31.0 Å². The number of ether oxygens (including phenoxy) is 1. The Hall–Kier alpha value is -0.770. The average Bonchev–Trinajstić information content (AvgIpc) is 3.03. The van der Waals surface area contributed by atoms with E-state index >= 15 is 0 Å². The summed E-state index contributed by atoms with van der Waals surface area (Å²) in [5.41, 5.74) is 1.92. The first-order valence-corrected chi connectivity index (χ1v) is 7.84. The van der Waals surface area contributed by atoms with Gasteiger partial charge in [-0.15, -0.1) is 11.6 Å². The highest BCUT2D eigenvalue weighted by atomic mass is 35.5. The molecule has 0 aliphatic carbocycles. The largest absolute Gasteiger partial charge is 0.381 e. The Morgan fingerprint density at radius 2 is 2.35 bits per heavy atom. The summed E-state index contributed by atoms with van der Waals surface area (Å²) in [6.07, 6.45) is 2.22. The lowest BCUT2D eigenvalue weighted by molar-refractivity contribution is 0.183. The van der Waals surface area contributed by atoms with Crippen molar-refractivity contribution in [2.45, 2.75) is 31.7 Å². The molecule has 0 radical (unpaired) electrons. The van der Waals surface area contributed by atoms with Crippen LogP contribution in [0, 0.1) is 5.92 Å². The Balaban J connectivity index is 1.95. The van der Waals surface area contributed by atoms with E-state index in [1.165, 1.54) is 0 Å². The van der Waals surface area contributed by atoms with Crippen molar-refractivity contribution in [2.75, 3.05) is 13.2 Å². The van der Waals surface area contributed by atoms with Gasteiger partial charge in [0.15, 0.2) is 0 Å². The van der Waals surface area contributed by atoms with Gasteiger partial charge in [0, 0.05) is 19.8 Å². The van der Waals surface area contributed by atoms with Crippen LogP contribution in [-0.2, 0) is 11.3 Å². The Bertz CT molecular complexity index is 603. The summed E-state index contributed by atoms with van der Waals surface area (Å²) in [4.78, 5) is 4.63. The van der Waals surface area contributed by atoms with Crippen molar-refractivity contribution < 1.29 is 4.74 Å². The first-order chi connectivity index (χ1) is 9.66. The molecule has 1 aliphatic rings. The molecule has 5 heteroatoms. The molecule has 0 amide bonds. The average molecular weight is 313 g/mol. The zero-order valence-electron chi connectivity index (χ0n) is 11.5. The van der Waals surface area contributed by atoms with Gasteiger partial charge in [0.1, 0.15) is 5.82 Å². The van der Waals surface area contributed by atoms with Crippen LogP contribution in [0.25, 0.3) is 11.0 Å². The van der Waals surface area contributed by atoms with E-state index in [4.69, 9.17) is 27.9 Å². The number of hydrogen-bond acceptors (Lipinski definition) is 2. The minimum atomic E-state index is -0.127. The molecule has 1 aromatic carbocycles. The van der Waals surface area contributed by atoms with Crippen LogP contribution in [-0.4, -0.2) is 22.8 Å². The number of para-hydroxylation sites is 1. The number of halogens is 2. The molecule has 20 heavy (non-hydrogen) atoms. The fourth-order valence-corrected chi connectivity index (χ4v) is 3.25. The van der Waals surface area contributed by atoms with Crippen LogP contribution in [0.15, 0.2) is 18.2 Å². The Kier molecular flexibility index (Phi) is 4.20. The Morgan fingerprint density at radius 1 is 1.50 bits per heavy atom. The van der Waals surface area contributed by atoms with Crippen molar-refractivity contribution in [1.82, 2.24) is 9.55 Å². The van der Waals surface area contributed by atoms with E-state index in [1.54, 1.807) is 0 Å². The van der Waals surface area contributed by atoms with Gasteiger partial charge in [-0.3, -0.25) is 0 Å². The number of aryl methyl sites for hydroxylation is 1. The molecule has 2 atom stereocenters. The van der Waals surface area contributed by atoms with Gasteiger partial charge in [-0.1, -0.05) is 17.7 Å². The Labute approximate surface area is 128 Å². The SMILES string of the molecule is CC(Cl)c1nc2cccc(Cl)c2n1CCC1CCOC1. The highest BCUT2D eigenvalue weighted by Crippen LogP contribution is 2.30. The third kappa shape index (κ3) is 2.67. The molecule has 108 valence electrons. The molecule has 2 unspecified atom stereocenters. The summed E-state index contributed by atoms with van der Waals surface area (Å²) in [6, 6.07) is 5.82. The van der Waals surface area contributed by atoms with Gasteiger partial charge >= 0.3 is 0 Å². The van der Waals surface area contributed by atoms with Crippen LogP contribution in [0.4, 0.5) is 0 Å². The predicted molar refractivity (Wildman–Crippen MR) is 82.6 cm³/mol. The van der Waals surface area contributed by atoms with E-state index in [2.05, 4.69) is 9.55 Å². The van der Waals surface area contributed by atoms with Crippen LogP contribution in [0.2, 0.25) is 5.02 Å². The Morgan fingerprint density at radius 3 is 3.05 bits per heavy atom. The maximum absolute atomic E-state index is 6.35. The van der Waals surface area contributed by atoms with Gasteiger partial charge in [-0.25, -0.2) is 4.98 Å². The standard InChI is InChI=1S/C15H18Cl2N2O/c1-10(16)15-18-13-4-2-3-12(17)14(13)19(15)7-5-11-6-8-20-9-11/h2-4,10-11H,5-9H2,1H3. The summed E-state index contributed by atoms with van der Waals surface area (Å²) in [7, 11) is 0. The lowest BCUT2D eigenvalue weighted by Gasteiger charge is -2.13. The maximum Gasteiger partial charge on any atom is 0.127 e. The van der Waals surface area contributed by atoms with Gasteiger partial charge in [0.25, 0.3) is 0 Å². The minimum Gasteiger partial charge on any atom is -0.381 e. The number of benzene rings is 1. The number of hydrogen-bond donors (Lipinski definition) is 0. The van der Waals surface area contributed by atoms with Crippen molar-refractivity contribution in [3.63, 3.8) is 0 Å². The maximum atomic E-state index is 6.35. The molecular formula is C15H18Cl2N2O. The lowest BCUT2D eigenvalue weighted by Crippen LogP contribution is -2.09. The first kappa shape index (κ1) is 14.2. The van der Waals surface area contributed by atoms with Crippen molar-refractivity contribution in [3.8, 4) is 0 Å². The molecule has 2 aromatic rings. The summed E-state index contributed by atoms with van der Waals surface area (Å²) < 4.78 is 7.61. The van der Waals surface area contributed by atoms with Crippen LogP contribution < -0.4 is 0 Å². The van der Waals surface area contributed by atoms with Gasteiger partial charge in [-0.05, 0) is 37.8 Å². The number of fused-ring (bicyclic) bond motifs is 1. The smallest absolute Gasteiger partial charge is 0.127 e. The zero-order valence-corrected chi connectivity index (χ0v) is 13.0. The summed E-state index contributed by atoms with van der Waals surface area (Å²) in [5.74, 6) is 1.53. The monoisotopic (exact) mass is 312 g/mol. The summed E-state index contributed by atoms with van der Waals surface area (Å²) >= 11 is 12.6. The number of aromatic nitrogens is 2. The normalized spacial score (nSPS) is 20.6. The van der Waals surface area contributed by atoms with E-state index in [9.17, 15) is 0 Å². The molecule has 3 nitrogen and oxygen atoms in total. The number of alkyl halides is 1. The van der Waals surface area contributed by atoms with Crippen LogP contribution >= 0.6 is 23.2 Å². The van der Waals surface area contributed by atoms with Crippen molar-refractivity contribution in [3.05, 3.63) is 29.0 Å². The fraction of sp³-hybridized carbons (Fsp3) is 0.533. The number of rotatable bonds is 4. The second-order valence-corrected chi connectivity index (χ2v) is 6.43. The van der Waals surface area contributed by atoms with Crippen molar-refractivity contribution in [2.24, 2.45) is 5.92 Å². The van der Waals surface area contributed by atoms with E-state index < -0.39 is 0 Å². The van der Waals surface area contributed by atoms with Crippen molar-refractivity contribution in [1.29, 1.82) is 0 Å². The molecule has 0 spiro atoms. The quantitative estimate of drug-likeness (QED) is 0.782. The van der Waals surface area contributed by atoms with Gasteiger partial charge in [0.05, 0.1) is 21.4 Å². The molecular weight excluding hydrogens is 295 g/mol. The molecule has 1 aromatic heterocycles. The molecule has 0 N–H and O–H groups in total. The second kappa shape index (κ2) is 5.92. The van der Waals surface area contributed by atoms with Crippen LogP contribution in [0.3, 0.4) is 0 Å². The van der Waals surface area contributed by atoms with Gasteiger partial charge in [0.2, 0.25) is 0 Å². The second-order valence-electron chi connectivity index (χ2n) is 5.36. The topological polar surface area (TPSA) is 27.1 Å². The zero-order chi connectivity index (χ0) is 14.1. The molecule has 0 bridgehead atoms. The van der Waals surface area contributed by atoms with E-state index in [-0.39, 0.29) is 5.38 Å². The molecule has 1 aliphatic heterocycles. The van der Waals surface area contributed by atoms with Gasteiger partial charge < -0.3 is 9.30 Å². The third-order valence-electron chi connectivity index (χ3n) is 3.89. The van der Waals surface area contributed by atoms with E-state index in [0.717, 1.165) is 54.5 Å². The molecule has 0 saturated carbocycles. The fourth-order valence-electron chi connectivity index (χ4n) is 2.81. The number of nitrogens with zero attached hydrogens (tertiary/aromatic N) is 2. The summed E-state index contributed by atoms with van der Waals surface area (Å²) in [6.45, 7) is 4.59. The lowest BCUT2D eigenvalue weighted by atomic mass is 10.1. The summed E-state index contributed by atoms with van der Waals surface area (Å²) in [5, 5.41) is 0.611. The highest BCUT2D eigenvalue weighted by Gasteiger charge is 2.20. The van der Waals surface area contributed by atoms with Crippen LogP contribution in [0.5, 0.6) is 0 Å². The van der Waals surface area contributed by atoms with Crippen molar-refractivity contribution >= 4 is 34.2 Å². The third-order valence-corrected chi connectivity index (χ3v) is 4.39. The van der Waals surface area contributed by atoms with E-state index in [0.29, 0.717) is 5.92 Å². The first-order valence-electron chi connectivity index (χ1n) is 7.03. The highest BCUT2D eigenvalue weighted by molar-refractivity contribution is 6.35. The predicted octanol–water partition coefficient (Wildman–Crippen LogP) is 4.42. The van der Waals surface area contributed by atoms with E-state index in [1.807, 2.05) is 25.1 Å². The van der Waals surface area contributed by atoms with Gasteiger partial charge in [-0.2, -0.15) is 0 Å². The molecule has 1 saturated heterocycles. The minimum absolute atomic E-state index is 0.127. The molecule has 3 rings (SSSR count). The number of imidazole rings is 1. The molecule has 1 fully saturated rings.